The molecule has 3 aromatic heterocycles. The fourth-order valence-electron chi connectivity index (χ4n) is 4.43. The summed E-state index contributed by atoms with van der Waals surface area (Å²) in [6, 6.07) is 8.36. The summed E-state index contributed by atoms with van der Waals surface area (Å²) in [4.78, 5) is 28.9. The molecule has 8 nitrogen and oxygen atoms in total. The summed E-state index contributed by atoms with van der Waals surface area (Å²) in [5.41, 5.74) is 5.95. The quantitative estimate of drug-likeness (QED) is 0.450. The van der Waals surface area contributed by atoms with Gasteiger partial charge in [0.1, 0.15) is 5.65 Å². The van der Waals surface area contributed by atoms with Gasteiger partial charge in [0.25, 0.3) is 0 Å². The van der Waals surface area contributed by atoms with Gasteiger partial charge in [-0.2, -0.15) is 4.98 Å². The molecule has 4 heterocycles. The lowest BCUT2D eigenvalue weighted by Gasteiger charge is -2.29. The molecule has 0 atom stereocenters. The van der Waals surface area contributed by atoms with Crippen LogP contribution >= 0.6 is 0 Å². The maximum Gasteiger partial charge on any atom is 0.229 e. The minimum atomic E-state index is -0.00733. The van der Waals surface area contributed by atoms with Crippen LogP contribution in [-0.4, -0.2) is 51.3 Å². The van der Waals surface area contributed by atoms with E-state index >= 15 is 0 Å². The van der Waals surface area contributed by atoms with Crippen molar-refractivity contribution in [2.24, 2.45) is 0 Å². The predicted octanol–water partition coefficient (Wildman–Crippen LogP) is 4.07. The van der Waals surface area contributed by atoms with Crippen molar-refractivity contribution in [2.45, 2.75) is 33.6 Å². The molecule has 0 aliphatic carbocycles. The van der Waals surface area contributed by atoms with Crippen LogP contribution in [0, 0.1) is 6.92 Å². The number of piperazine rings is 1. The summed E-state index contributed by atoms with van der Waals surface area (Å²) in [7, 11) is 0. The van der Waals surface area contributed by atoms with Crippen molar-refractivity contribution in [3.63, 3.8) is 0 Å². The summed E-state index contributed by atoms with van der Waals surface area (Å²) in [5.74, 6) is 0.745. The first-order valence-corrected chi connectivity index (χ1v) is 11.4. The zero-order chi connectivity index (χ0) is 23.1. The minimum absolute atomic E-state index is 0.00733. The number of pyridine rings is 1. The molecule has 4 aromatic rings. The number of carbonyl (C=O) groups is 1. The first-order valence-electron chi connectivity index (χ1n) is 11.4. The average molecular weight is 444 g/mol. The van der Waals surface area contributed by atoms with E-state index in [9.17, 15) is 4.79 Å². The number of imidazole rings is 1. The highest BCUT2D eigenvalue weighted by Crippen LogP contribution is 2.28. The van der Waals surface area contributed by atoms with Crippen molar-refractivity contribution in [3.05, 3.63) is 53.5 Å². The third kappa shape index (κ3) is 3.91. The SMILES string of the molecule is CC(=O)c1c(C)c2cnc(Nc3ccc(N4CCNCC4)cc3)nc2n2cc(C(C)C)nc12. The molecule has 33 heavy (non-hydrogen) atoms. The maximum atomic E-state index is 12.4. The fraction of sp³-hybridized carbons (Fsp3) is 0.360. The Labute approximate surface area is 193 Å². The number of aryl methyl sites for hydroxylation is 1. The predicted molar refractivity (Wildman–Crippen MR) is 132 cm³/mol. The summed E-state index contributed by atoms with van der Waals surface area (Å²) in [5, 5.41) is 7.55. The monoisotopic (exact) mass is 443 g/mol. The molecule has 0 bridgehead atoms. The van der Waals surface area contributed by atoms with Gasteiger partial charge in [-0.3, -0.25) is 9.20 Å². The van der Waals surface area contributed by atoms with E-state index in [1.807, 2.05) is 17.5 Å². The van der Waals surface area contributed by atoms with E-state index in [-0.39, 0.29) is 11.7 Å². The molecule has 1 aliphatic heterocycles. The number of Topliss-reactive ketones (excluding diaryl/α,β-unsaturated/α-hetero) is 1. The topological polar surface area (TPSA) is 87.5 Å². The molecule has 1 aromatic carbocycles. The molecular weight excluding hydrogens is 414 g/mol. The average Bonchev–Trinajstić information content (AvgIpc) is 3.26. The van der Waals surface area contributed by atoms with Crippen molar-refractivity contribution >= 4 is 39.8 Å². The Hall–Kier alpha value is -3.52. The van der Waals surface area contributed by atoms with Gasteiger partial charge in [0.05, 0.1) is 11.3 Å². The molecule has 1 saturated heterocycles. The Morgan fingerprint density at radius 3 is 2.48 bits per heavy atom. The van der Waals surface area contributed by atoms with E-state index in [0.29, 0.717) is 17.2 Å². The van der Waals surface area contributed by atoms with Crippen LogP contribution < -0.4 is 15.5 Å². The molecular formula is C25H29N7O. The van der Waals surface area contributed by atoms with Crippen LogP contribution in [0.4, 0.5) is 17.3 Å². The molecule has 1 fully saturated rings. The first kappa shape index (κ1) is 21.3. The third-order valence-electron chi connectivity index (χ3n) is 6.27. The van der Waals surface area contributed by atoms with E-state index in [4.69, 9.17) is 9.97 Å². The molecule has 8 heteroatoms. The number of hydrogen-bond acceptors (Lipinski definition) is 7. The molecule has 0 spiro atoms. The Balaban J connectivity index is 1.53. The standard InChI is InChI=1S/C25H29N7O/c1-15(2)21-14-32-23-20(16(3)22(17(4)33)24(32)29-21)13-27-25(30-23)28-18-5-7-19(8-6-18)31-11-9-26-10-12-31/h5-8,13-15,26H,9-12H2,1-4H3,(H,27,28,30). The Morgan fingerprint density at radius 2 is 1.82 bits per heavy atom. The van der Waals surface area contributed by atoms with Crippen molar-refractivity contribution in [2.75, 3.05) is 36.4 Å². The molecule has 1 aliphatic rings. The van der Waals surface area contributed by atoms with Crippen LogP contribution in [-0.2, 0) is 0 Å². The second kappa shape index (κ2) is 8.44. The molecule has 0 saturated carbocycles. The number of fused-ring (bicyclic) bond motifs is 3. The van der Waals surface area contributed by atoms with Crippen LogP contribution in [0.3, 0.4) is 0 Å². The van der Waals surface area contributed by atoms with Crippen molar-refractivity contribution in [3.8, 4) is 0 Å². The smallest absolute Gasteiger partial charge is 0.229 e. The van der Waals surface area contributed by atoms with Gasteiger partial charge in [0, 0.05) is 55.3 Å². The van der Waals surface area contributed by atoms with Gasteiger partial charge < -0.3 is 15.5 Å². The number of nitrogens with one attached hydrogen (secondary N) is 2. The lowest BCUT2D eigenvalue weighted by Crippen LogP contribution is -2.43. The lowest BCUT2D eigenvalue weighted by molar-refractivity contribution is 0.101. The van der Waals surface area contributed by atoms with Gasteiger partial charge in [-0.05, 0) is 49.6 Å². The van der Waals surface area contributed by atoms with Crippen LogP contribution in [0.25, 0.3) is 16.7 Å². The van der Waals surface area contributed by atoms with E-state index in [1.54, 1.807) is 13.1 Å². The van der Waals surface area contributed by atoms with Crippen molar-refractivity contribution in [1.82, 2.24) is 24.7 Å². The highest BCUT2D eigenvalue weighted by atomic mass is 16.1. The zero-order valence-electron chi connectivity index (χ0n) is 19.5. The molecule has 0 amide bonds. The highest BCUT2D eigenvalue weighted by molar-refractivity contribution is 6.05. The fourth-order valence-corrected chi connectivity index (χ4v) is 4.43. The lowest BCUT2D eigenvalue weighted by atomic mass is 10.0. The van der Waals surface area contributed by atoms with Crippen LogP contribution in [0.1, 0.15) is 48.3 Å². The maximum absolute atomic E-state index is 12.4. The van der Waals surface area contributed by atoms with Crippen LogP contribution in [0.2, 0.25) is 0 Å². The molecule has 0 unspecified atom stereocenters. The Kier molecular flexibility index (Phi) is 5.46. The Bertz CT molecular complexity index is 1330. The highest BCUT2D eigenvalue weighted by Gasteiger charge is 2.20. The number of nitrogens with zero attached hydrogens (tertiary/aromatic N) is 5. The number of hydrogen-bond donors (Lipinski definition) is 2. The van der Waals surface area contributed by atoms with Crippen molar-refractivity contribution < 1.29 is 4.79 Å². The largest absolute Gasteiger partial charge is 0.369 e. The third-order valence-corrected chi connectivity index (χ3v) is 6.27. The van der Waals surface area contributed by atoms with E-state index in [2.05, 4.69) is 58.6 Å². The number of carbonyl (C=O) groups excluding carboxylic acids is 1. The number of ketones is 1. The molecule has 0 radical (unpaired) electrons. The summed E-state index contributed by atoms with van der Waals surface area (Å²) in [6.45, 7) is 11.8. The summed E-state index contributed by atoms with van der Waals surface area (Å²) in [6.07, 6.45) is 3.77. The van der Waals surface area contributed by atoms with Crippen molar-refractivity contribution in [1.29, 1.82) is 0 Å². The number of aromatic nitrogens is 4. The second-order valence-corrected chi connectivity index (χ2v) is 8.91. The van der Waals surface area contributed by atoms with Crippen LogP contribution in [0.5, 0.6) is 0 Å². The molecule has 170 valence electrons. The minimum Gasteiger partial charge on any atom is -0.369 e. The van der Waals surface area contributed by atoms with E-state index < -0.39 is 0 Å². The van der Waals surface area contributed by atoms with Gasteiger partial charge in [-0.25, -0.2) is 9.97 Å². The number of anilines is 3. The van der Waals surface area contributed by atoms with Gasteiger partial charge in [0.15, 0.2) is 11.4 Å². The summed E-state index contributed by atoms with van der Waals surface area (Å²) < 4.78 is 1.93. The van der Waals surface area contributed by atoms with Gasteiger partial charge >= 0.3 is 0 Å². The van der Waals surface area contributed by atoms with Gasteiger partial charge in [0.2, 0.25) is 5.95 Å². The Morgan fingerprint density at radius 1 is 1.09 bits per heavy atom. The van der Waals surface area contributed by atoms with Gasteiger partial charge in [-0.15, -0.1) is 0 Å². The molecule has 5 rings (SSSR count). The number of rotatable bonds is 5. The van der Waals surface area contributed by atoms with E-state index in [1.165, 1.54) is 5.69 Å². The zero-order valence-corrected chi connectivity index (χ0v) is 19.5. The first-order chi connectivity index (χ1) is 15.9. The van der Waals surface area contributed by atoms with Crippen LogP contribution in [0.15, 0.2) is 36.7 Å². The number of benzene rings is 1. The normalized spacial score (nSPS) is 14.4. The van der Waals surface area contributed by atoms with E-state index in [0.717, 1.165) is 54.2 Å². The second-order valence-electron chi connectivity index (χ2n) is 8.91. The molecule has 2 N–H and O–H groups in total. The summed E-state index contributed by atoms with van der Waals surface area (Å²) >= 11 is 0. The van der Waals surface area contributed by atoms with Gasteiger partial charge in [-0.1, -0.05) is 13.8 Å².